The SMILES string of the molecule is C=C(C)O/C(C)=C(\N)C(=O)Nc1cc(Br)cc([C@]2(C)COCC(N)=N2)c1. The number of allylic oxidation sites excluding steroid dienone is 2. The molecule has 26 heavy (non-hydrogen) atoms. The summed E-state index contributed by atoms with van der Waals surface area (Å²) in [7, 11) is 0. The number of anilines is 1. The van der Waals surface area contributed by atoms with Crippen molar-refractivity contribution >= 4 is 33.4 Å². The molecule has 1 aromatic carbocycles. The molecule has 0 saturated carbocycles. The van der Waals surface area contributed by atoms with Crippen LogP contribution in [0.5, 0.6) is 0 Å². The lowest BCUT2D eigenvalue weighted by atomic mass is 9.92. The predicted octanol–water partition coefficient (Wildman–Crippen LogP) is 2.73. The number of nitrogens with zero attached hydrogens (tertiary/aromatic N) is 1. The van der Waals surface area contributed by atoms with E-state index in [0.29, 0.717) is 30.5 Å². The second kappa shape index (κ2) is 7.92. The number of carbonyl (C=O) groups excluding carboxylic acids is 1. The molecule has 0 aliphatic carbocycles. The molecule has 1 heterocycles. The highest BCUT2D eigenvalue weighted by atomic mass is 79.9. The summed E-state index contributed by atoms with van der Waals surface area (Å²) in [6.45, 7) is 9.54. The van der Waals surface area contributed by atoms with Crippen molar-refractivity contribution < 1.29 is 14.3 Å². The second-order valence-electron chi connectivity index (χ2n) is 6.33. The Morgan fingerprint density at radius 3 is 2.73 bits per heavy atom. The largest absolute Gasteiger partial charge is 0.465 e. The number of hydrogen-bond donors (Lipinski definition) is 3. The van der Waals surface area contributed by atoms with Crippen molar-refractivity contribution in [3.8, 4) is 0 Å². The van der Waals surface area contributed by atoms with Gasteiger partial charge in [0.25, 0.3) is 5.91 Å². The lowest BCUT2D eigenvalue weighted by molar-refractivity contribution is -0.113. The van der Waals surface area contributed by atoms with Gasteiger partial charge in [0.15, 0.2) is 0 Å². The highest BCUT2D eigenvalue weighted by Gasteiger charge is 2.30. The van der Waals surface area contributed by atoms with Crippen LogP contribution < -0.4 is 16.8 Å². The van der Waals surface area contributed by atoms with Crippen LogP contribution in [0.1, 0.15) is 26.3 Å². The topological polar surface area (TPSA) is 112 Å². The number of aliphatic imine (C=N–C) groups is 1. The van der Waals surface area contributed by atoms with Crippen molar-refractivity contribution in [2.45, 2.75) is 26.3 Å². The smallest absolute Gasteiger partial charge is 0.275 e. The molecule has 0 saturated heterocycles. The highest BCUT2D eigenvalue weighted by Crippen LogP contribution is 2.32. The van der Waals surface area contributed by atoms with Gasteiger partial charge in [-0.25, -0.2) is 0 Å². The van der Waals surface area contributed by atoms with Crippen LogP contribution in [0.2, 0.25) is 0 Å². The Bertz CT molecular complexity index is 804. The van der Waals surface area contributed by atoms with Crippen LogP contribution in [-0.2, 0) is 19.8 Å². The molecular formula is C18H23BrN4O3. The summed E-state index contributed by atoms with van der Waals surface area (Å²) in [5.41, 5.74) is 12.4. The lowest BCUT2D eigenvalue weighted by Gasteiger charge is -2.30. The molecule has 2 rings (SSSR count). The number of nitrogens with one attached hydrogen (secondary N) is 1. The van der Waals surface area contributed by atoms with E-state index in [1.165, 1.54) is 0 Å². The summed E-state index contributed by atoms with van der Waals surface area (Å²) in [6, 6.07) is 5.50. The molecule has 8 heteroatoms. The third-order valence-corrected chi connectivity index (χ3v) is 4.21. The monoisotopic (exact) mass is 422 g/mol. The number of ether oxygens (including phenoxy) is 2. The van der Waals surface area contributed by atoms with Gasteiger partial charge in [0.2, 0.25) is 0 Å². The maximum Gasteiger partial charge on any atom is 0.275 e. The Morgan fingerprint density at radius 2 is 2.12 bits per heavy atom. The minimum atomic E-state index is -0.633. The van der Waals surface area contributed by atoms with Gasteiger partial charge in [-0.05, 0) is 44.5 Å². The number of nitrogens with two attached hydrogens (primary N) is 2. The van der Waals surface area contributed by atoms with E-state index in [-0.39, 0.29) is 11.5 Å². The number of benzene rings is 1. The number of amides is 1. The molecule has 5 N–H and O–H groups in total. The fourth-order valence-electron chi connectivity index (χ4n) is 2.53. The van der Waals surface area contributed by atoms with Gasteiger partial charge in [-0.1, -0.05) is 22.5 Å². The minimum absolute atomic E-state index is 0.0241. The maximum atomic E-state index is 12.4. The first kappa shape index (κ1) is 20.0. The summed E-state index contributed by atoms with van der Waals surface area (Å²) >= 11 is 3.46. The zero-order valence-electron chi connectivity index (χ0n) is 15.1. The fraction of sp³-hybridized carbons (Fsp3) is 0.333. The maximum absolute atomic E-state index is 12.4. The van der Waals surface area contributed by atoms with Gasteiger partial charge in [0.1, 0.15) is 29.4 Å². The number of carbonyl (C=O) groups is 1. The van der Waals surface area contributed by atoms with E-state index < -0.39 is 11.4 Å². The number of halogens is 1. The summed E-state index contributed by atoms with van der Waals surface area (Å²) in [6.07, 6.45) is 0. The first-order valence-corrected chi connectivity index (χ1v) is 8.74. The Hall–Kier alpha value is -2.32. The molecule has 0 fully saturated rings. The third-order valence-electron chi connectivity index (χ3n) is 3.75. The molecule has 1 aliphatic rings. The highest BCUT2D eigenvalue weighted by molar-refractivity contribution is 9.10. The van der Waals surface area contributed by atoms with Crippen LogP contribution in [0, 0.1) is 0 Å². The van der Waals surface area contributed by atoms with Crippen LogP contribution in [0.15, 0.2) is 51.5 Å². The van der Waals surface area contributed by atoms with Crippen LogP contribution >= 0.6 is 15.9 Å². The number of amidine groups is 1. The lowest BCUT2D eigenvalue weighted by Crippen LogP contribution is -2.37. The standard InChI is InChI=1S/C18H23BrN4O3/c1-10(2)26-11(3)16(21)17(24)22-14-6-12(5-13(19)7-14)18(4)9-25-8-15(20)23-18/h5-7H,1,8-9,21H2,2-4H3,(H2,20,23)(H,22,24)/b16-11-/t18-/m0/s1. The van der Waals surface area contributed by atoms with E-state index in [1.807, 2.05) is 19.1 Å². The Morgan fingerprint density at radius 1 is 1.42 bits per heavy atom. The Labute approximate surface area is 161 Å². The van der Waals surface area contributed by atoms with E-state index in [9.17, 15) is 4.79 Å². The van der Waals surface area contributed by atoms with Crippen molar-refractivity contribution in [3.05, 3.63) is 52.0 Å². The Kier molecular flexibility index (Phi) is 6.09. The molecule has 0 aromatic heterocycles. The van der Waals surface area contributed by atoms with Gasteiger partial charge < -0.3 is 26.3 Å². The first-order chi connectivity index (χ1) is 12.1. The van der Waals surface area contributed by atoms with Crippen LogP contribution in [0.4, 0.5) is 5.69 Å². The minimum Gasteiger partial charge on any atom is -0.465 e. The van der Waals surface area contributed by atoms with Crippen molar-refractivity contribution in [1.82, 2.24) is 0 Å². The molecule has 0 spiro atoms. The van der Waals surface area contributed by atoms with Gasteiger partial charge in [0.05, 0.1) is 12.4 Å². The molecule has 0 unspecified atom stereocenters. The van der Waals surface area contributed by atoms with Gasteiger partial charge in [0, 0.05) is 10.2 Å². The van der Waals surface area contributed by atoms with Gasteiger partial charge in [-0.15, -0.1) is 0 Å². The van der Waals surface area contributed by atoms with Gasteiger partial charge in [-0.2, -0.15) is 0 Å². The summed E-state index contributed by atoms with van der Waals surface area (Å²) in [4.78, 5) is 16.9. The van der Waals surface area contributed by atoms with Crippen molar-refractivity contribution in [2.75, 3.05) is 18.5 Å². The second-order valence-corrected chi connectivity index (χ2v) is 7.24. The summed E-state index contributed by atoms with van der Waals surface area (Å²) in [5, 5.41) is 2.76. The summed E-state index contributed by atoms with van der Waals surface area (Å²) < 4.78 is 11.6. The molecule has 1 aromatic rings. The van der Waals surface area contributed by atoms with E-state index in [1.54, 1.807) is 19.9 Å². The van der Waals surface area contributed by atoms with E-state index in [4.69, 9.17) is 20.9 Å². The van der Waals surface area contributed by atoms with Crippen LogP contribution in [-0.4, -0.2) is 25.0 Å². The van der Waals surface area contributed by atoms with Gasteiger partial charge >= 0.3 is 0 Å². The molecule has 1 atom stereocenters. The molecule has 7 nitrogen and oxygen atoms in total. The van der Waals surface area contributed by atoms with Crippen molar-refractivity contribution in [2.24, 2.45) is 16.5 Å². The van der Waals surface area contributed by atoms with E-state index >= 15 is 0 Å². The predicted molar refractivity (Wildman–Crippen MR) is 105 cm³/mol. The zero-order valence-corrected chi connectivity index (χ0v) is 16.6. The average molecular weight is 423 g/mol. The normalized spacial score (nSPS) is 20.7. The van der Waals surface area contributed by atoms with E-state index in [2.05, 4.69) is 32.8 Å². The van der Waals surface area contributed by atoms with E-state index in [0.717, 1.165) is 10.0 Å². The first-order valence-electron chi connectivity index (χ1n) is 7.95. The average Bonchev–Trinajstić information content (AvgIpc) is 2.52. The van der Waals surface area contributed by atoms with Crippen molar-refractivity contribution in [1.29, 1.82) is 0 Å². The van der Waals surface area contributed by atoms with Crippen LogP contribution in [0.25, 0.3) is 0 Å². The molecule has 1 amide bonds. The van der Waals surface area contributed by atoms with Gasteiger partial charge in [-0.3, -0.25) is 9.79 Å². The van der Waals surface area contributed by atoms with Crippen LogP contribution in [0.3, 0.4) is 0 Å². The number of hydrogen-bond acceptors (Lipinski definition) is 6. The fourth-order valence-corrected chi connectivity index (χ4v) is 3.02. The van der Waals surface area contributed by atoms with Crippen molar-refractivity contribution in [3.63, 3.8) is 0 Å². The number of rotatable bonds is 5. The molecule has 0 bridgehead atoms. The molecule has 0 radical (unpaired) electrons. The molecule has 140 valence electrons. The quantitative estimate of drug-likeness (QED) is 0.498. The molecule has 1 aliphatic heterocycles. The Balaban J connectivity index is 2.29. The third kappa shape index (κ3) is 4.86. The molecular weight excluding hydrogens is 400 g/mol. The zero-order chi connectivity index (χ0) is 19.5. The summed E-state index contributed by atoms with van der Waals surface area (Å²) in [5.74, 6) is 0.698.